The number of aromatic nitrogens is 1. The Labute approximate surface area is 164 Å². The molecule has 4 rings (SSSR count). The first-order chi connectivity index (χ1) is 13.0. The van der Waals surface area contributed by atoms with Gasteiger partial charge in [-0.25, -0.2) is 4.98 Å². The van der Waals surface area contributed by atoms with Gasteiger partial charge in [-0.2, -0.15) is 0 Å². The molecule has 1 amide bonds. The molecule has 0 radical (unpaired) electrons. The summed E-state index contributed by atoms with van der Waals surface area (Å²) in [4.78, 5) is 18.4. The standard InChI is InChI=1S/C20H14ClN3O2S/c21-13-5-3-11(4-6-13)14-9-17(25)15(22)10-16(14)24-19(26)18-8-12-2-1-7-23-20(12)27-18/h1-10,25H,22H2,(H,24,26). The number of fused-ring (bicyclic) bond motifs is 1. The molecule has 27 heavy (non-hydrogen) atoms. The smallest absolute Gasteiger partial charge is 0.265 e. The van der Waals surface area contributed by atoms with Gasteiger partial charge in [0.15, 0.2) is 0 Å². The van der Waals surface area contributed by atoms with Crippen LogP contribution in [0.2, 0.25) is 5.02 Å². The van der Waals surface area contributed by atoms with E-state index in [0.29, 0.717) is 21.2 Å². The predicted molar refractivity (Wildman–Crippen MR) is 111 cm³/mol. The number of carbonyl (C=O) groups is 1. The molecule has 0 unspecified atom stereocenters. The van der Waals surface area contributed by atoms with E-state index in [2.05, 4.69) is 10.3 Å². The van der Waals surface area contributed by atoms with Gasteiger partial charge in [0, 0.05) is 22.2 Å². The van der Waals surface area contributed by atoms with Gasteiger partial charge in [0.05, 0.1) is 16.3 Å². The molecule has 0 spiro atoms. The van der Waals surface area contributed by atoms with Crippen LogP contribution in [0.1, 0.15) is 9.67 Å². The Bertz CT molecular complexity index is 1120. The van der Waals surface area contributed by atoms with Gasteiger partial charge in [-0.3, -0.25) is 4.79 Å². The molecule has 0 saturated heterocycles. The van der Waals surface area contributed by atoms with Gasteiger partial charge in [0.1, 0.15) is 10.6 Å². The molecule has 2 heterocycles. The van der Waals surface area contributed by atoms with Crippen molar-refractivity contribution in [2.45, 2.75) is 0 Å². The first kappa shape index (κ1) is 17.3. The largest absolute Gasteiger partial charge is 0.506 e. The van der Waals surface area contributed by atoms with E-state index < -0.39 is 0 Å². The molecule has 2 aromatic heterocycles. The summed E-state index contributed by atoms with van der Waals surface area (Å²) in [5, 5.41) is 14.4. The second-order valence-electron chi connectivity index (χ2n) is 5.93. The normalized spacial score (nSPS) is 10.9. The highest BCUT2D eigenvalue weighted by molar-refractivity contribution is 7.20. The maximum Gasteiger partial charge on any atom is 0.265 e. The van der Waals surface area contributed by atoms with Gasteiger partial charge in [0.25, 0.3) is 5.91 Å². The first-order valence-corrected chi connectivity index (χ1v) is 9.25. The molecular formula is C20H14ClN3O2S. The second kappa shape index (κ2) is 6.90. The van der Waals surface area contributed by atoms with Crippen molar-refractivity contribution in [2.75, 3.05) is 11.1 Å². The average Bonchev–Trinajstić information content (AvgIpc) is 3.10. The minimum absolute atomic E-state index is 0.0518. The molecule has 5 nitrogen and oxygen atoms in total. The van der Waals surface area contributed by atoms with Gasteiger partial charge in [-0.15, -0.1) is 11.3 Å². The van der Waals surface area contributed by atoms with E-state index in [1.54, 1.807) is 30.5 Å². The molecule has 7 heteroatoms. The molecule has 0 aliphatic carbocycles. The van der Waals surface area contributed by atoms with E-state index in [-0.39, 0.29) is 17.3 Å². The van der Waals surface area contributed by atoms with Gasteiger partial charge in [-0.05, 0) is 42.0 Å². The van der Waals surface area contributed by atoms with Crippen molar-refractivity contribution in [3.8, 4) is 16.9 Å². The van der Waals surface area contributed by atoms with Crippen LogP contribution in [0.4, 0.5) is 11.4 Å². The SMILES string of the molecule is Nc1cc(NC(=O)c2cc3cccnc3s2)c(-c2ccc(Cl)cc2)cc1O. The van der Waals surface area contributed by atoms with Crippen molar-refractivity contribution in [3.05, 3.63) is 70.7 Å². The zero-order valence-electron chi connectivity index (χ0n) is 13.9. The van der Waals surface area contributed by atoms with Gasteiger partial charge >= 0.3 is 0 Å². The fourth-order valence-electron chi connectivity index (χ4n) is 2.75. The summed E-state index contributed by atoms with van der Waals surface area (Å²) in [6.45, 7) is 0. The molecule has 0 aliphatic rings. The lowest BCUT2D eigenvalue weighted by molar-refractivity contribution is 0.103. The van der Waals surface area contributed by atoms with E-state index in [1.165, 1.54) is 17.4 Å². The number of anilines is 2. The number of nitrogens with one attached hydrogen (secondary N) is 1. The number of benzene rings is 2. The number of phenols is 1. The van der Waals surface area contributed by atoms with Crippen LogP contribution < -0.4 is 11.1 Å². The van der Waals surface area contributed by atoms with Crippen molar-refractivity contribution < 1.29 is 9.90 Å². The number of amides is 1. The van der Waals surface area contributed by atoms with Crippen LogP contribution in [0.25, 0.3) is 21.3 Å². The predicted octanol–water partition coefficient (Wildman–Crippen LogP) is 5.16. The molecule has 0 fully saturated rings. The topological polar surface area (TPSA) is 88.2 Å². The summed E-state index contributed by atoms with van der Waals surface area (Å²) in [6.07, 6.45) is 1.69. The number of nitrogens with two attached hydrogens (primary N) is 1. The number of nitrogens with zero attached hydrogens (tertiary/aromatic N) is 1. The Morgan fingerprint density at radius 2 is 1.93 bits per heavy atom. The monoisotopic (exact) mass is 395 g/mol. The number of carbonyl (C=O) groups excluding carboxylic acids is 1. The second-order valence-corrected chi connectivity index (χ2v) is 7.39. The van der Waals surface area contributed by atoms with Crippen LogP contribution in [-0.4, -0.2) is 16.0 Å². The number of thiophene rings is 1. The number of rotatable bonds is 3. The van der Waals surface area contributed by atoms with Gasteiger partial charge < -0.3 is 16.2 Å². The van der Waals surface area contributed by atoms with Crippen molar-refractivity contribution in [1.29, 1.82) is 0 Å². The van der Waals surface area contributed by atoms with Crippen LogP contribution in [0.15, 0.2) is 60.8 Å². The molecule has 0 saturated carbocycles. The summed E-state index contributed by atoms with van der Waals surface area (Å²) >= 11 is 7.27. The highest BCUT2D eigenvalue weighted by Gasteiger charge is 2.15. The lowest BCUT2D eigenvalue weighted by Gasteiger charge is -2.13. The van der Waals surface area contributed by atoms with Crippen LogP contribution in [0.5, 0.6) is 5.75 Å². The number of pyridine rings is 1. The summed E-state index contributed by atoms with van der Waals surface area (Å²) in [5.74, 6) is -0.317. The average molecular weight is 396 g/mol. The van der Waals surface area contributed by atoms with Crippen molar-refractivity contribution in [1.82, 2.24) is 4.98 Å². The van der Waals surface area contributed by atoms with E-state index in [0.717, 1.165) is 15.8 Å². The van der Waals surface area contributed by atoms with E-state index in [4.69, 9.17) is 17.3 Å². The number of phenolic OH excluding ortho intramolecular Hbond substituents is 1. The van der Waals surface area contributed by atoms with Gasteiger partial charge in [-0.1, -0.05) is 29.8 Å². The zero-order chi connectivity index (χ0) is 19.0. The summed E-state index contributed by atoms with van der Waals surface area (Å²) in [6, 6.07) is 15.7. The number of nitrogen functional groups attached to an aromatic ring is 1. The summed E-state index contributed by atoms with van der Waals surface area (Å²) in [5.41, 5.74) is 7.96. The Balaban J connectivity index is 1.73. The fraction of sp³-hybridized carbons (Fsp3) is 0. The molecule has 0 atom stereocenters. The first-order valence-electron chi connectivity index (χ1n) is 8.05. The van der Waals surface area contributed by atoms with Crippen molar-refractivity contribution >= 4 is 50.4 Å². The highest BCUT2D eigenvalue weighted by Crippen LogP contribution is 2.36. The summed E-state index contributed by atoms with van der Waals surface area (Å²) < 4.78 is 0. The minimum Gasteiger partial charge on any atom is -0.506 e. The molecule has 0 bridgehead atoms. The molecule has 134 valence electrons. The maximum absolute atomic E-state index is 12.8. The fourth-order valence-corrected chi connectivity index (χ4v) is 3.77. The molecule has 2 aromatic carbocycles. The summed E-state index contributed by atoms with van der Waals surface area (Å²) in [7, 11) is 0. The van der Waals surface area contributed by atoms with Crippen molar-refractivity contribution in [2.24, 2.45) is 0 Å². The zero-order valence-corrected chi connectivity index (χ0v) is 15.5. The third-order valence-electron chi connectivity index (χ3n) is 4.09. The Hall–Kier alpha value is -3.09. The lowest BCUT2D eigenvalue weighted by atomic mass is 10.0. The third-order valence-corrected chi connectivity index (χ3v) is 5.40. The number of aromatic hydroxyl groups is 1. The number of hydrogen-bond donors (Lipinski definition) is 3. The van der Waals surface area contributed by atoms with Crippen molar-refractivity contribution in [3.63, 3.8) is 0 Å². The maximum atomic E-state index is 12.8. The number of halogens is 1. The van der Waals surface area contributed by atoms with Gasteiger partial charge in [0.2, 0.25) is 0 Å². The third kappa shape index (κ3) is 3.45. The minimum atomic E-state index is -0.265. The Morgan fingerprint density at radius 1 is 1.15 bits per heavy atom. The molecule has 4 N–H and O–H groups in total. The van der Waals surface area contributed by atoms with Crippen LogP contribution in [0, 0.1) is 0 Å². The van der Waals surface area contributed by atoms with Crippen LogP contribution >= 0.6 is 22.9 Å². The molecule has 4 aromatic rings. The highest BCUT2D eigenvalue weighted by atomic mass is 35.5. The Kier molecular flexibility index (Phi) is 4.43. The van der Waals surface area contributed by atoms with Crippen LogP contribution in [-0.2, 0) is 0 Å². The lowest BCUT2D eigenvalue weighted by Crippen LogP contribution is -2.11. The molecular weight excluding hydrogens is 382 g/mol. The Morgan fingerprint density at radius 3 is 2.67 bits per heavy atom. The van der Waals surface area contributed by atoms with E-state index in [9.17, 15) is 9.90 Å². The number of hydrogen-bond acceptors (Lipinski definition) is 5. The van der Waals surface area contributed by atoms with E-state index >= 15 is 0 Å². The molecule has 0 aliphatic heterocycles. The van der Waals surface area contributed by atoms with Crippen LogP contribution in [0.3, 0.4) is 0 Å². The quantitative estimate of drug-likeness (QED) is 0.254. The van der Waals surface area contributed by atoms with E-state index in [1.807, 2.05) is 24.3 Å².